The van der Waals surface area contributed by atoms with E-state index in [4.69, 9.17) is 5.11 Å². The lowest BCUT2D eigenvalue weighted by molar-refractivity contribution is -0.141. The zero-order chi connectivity index (χ0) is 14.0. The molecule has 0 radical (unpaired) electrons. The lowest BCUT2D eigenvalue weighted by atomic mass is 10.0. The van der Waals surface area contributed by atoms with Crippen LogP contribution in [0, 0.1) is 11.8 Å². The van der Waals surface area contributed by atoms with Gasteiger partial charge in [-0.3, -0.25) is 9.59 Å². The van der Waals surface area contributed by atoms with Gasteiger partial charge in [0, 0.05) is 5.92 Å². The molecule has 1 amide bonds. The SMILES string of the molecule is O=C(O)C1CCC(C(=O)Nc2ncc(Br)nc2Br)C1. The Bertz CT molecular complexity index is 524. The molecule has 2 atom stereocenters. The minimum atomic E-state index is -0.833. The fourth-order valence-corrected chi connectivity index (χ4v) is 3.00. The Morgan fingerprint density at radius 3 is 2.58 bits per heavy atom. The molecule has 1 aliphatic rings. The maximum Gasteiger partial charge on any atom is 0.306 e. The molecule has 0 spiro atoms. The summed E-state index contributed by atoms with van der Waals surface area (Å²) >= 11 is 6.38. The van der Waals surface area contributed by atoms with E-state index in [1.165, 1.54) is 6.20 Å². The molecule has 1 saturated carbocycles. The van der Waals surface area contributed by atoms with Gasteiger partial charge in [0.05, 0.1) is 12.1 Å². The van der Waals surface area contributed by atoms with E-state index in [1.807, 2.05) is 0 Å². The number of aromatic nitrogens is 2. The fourth-order valence-electron chi connectivity index (χ4n) is 2.09. The van der Waals surface area contributed by atoms with Crippen LogP contribution >= 0.6 is 31.9 Å². The largest absolute Gasteiger partial charge is 0.481 e. The molecular weight excluding hydrogens is 382 g/mol. The van der Waals surface area contributed by atoms with Gasteiger partial charge < -0.3 is 10.4 Å². The highest BCUT2D eigenvalue weighted by atomic mass is 79.9. The molecule has 19 heavy (non-hydrogen) atoms. The summed E-state index contributed by atoms with van der Waals surface area (Å²) < 4.78 is 0.993. The van der Waals surface area contributed by atoms with Crippen LogP contribution in [0.3, 0.4) is 0 Å². The van der Waals surface area contributed by atoms with Crippen molar-refractivity contribution in [3.05, 3.63) is 15.4 Å². The first-order valence-electron chi connectivity index (χ1n) is 5.69. The van der Waals surface area contributed by atoms with E-state index in [9.17, 15) is 9.59 Å². The normalized spacial score (nSPS) is 22.2. The molecule has 0 saturated heterocycles. The van der Waals surface area contributed by atoms with Gasteiger partial charge in [0.1, 0.15) is 9.21 Å². The van der Waals surface area contributed by atoms with E-state index in [-0.39, 0.29) is 11.8 Å². The van der Waals surface area contributed by atoms with Crippen molar-refractivity contribution in [2.24, 2.45) is 11.8 Å². The zero-order valence-corrected chi connectivity index (χ0v) is 12.9. The van der Waals surface area contributed by atoms with Crippen molar-refractivity contribution in [1.29, 1.82) is 0 Å². The van der Waals surface area contributed by atoms with E-state index in [1.54, 1.807) is 0 Å². The summed E-state index contributed by atoms with van der Waals surface area (Å²) in [6.07, 6.45) is 2.99. The third kappa shape index (κ3) is 3.50. The summed E-state index contributed by atoms with van der Waals surface area (Å²) in [5, 5.41) is 11.6. The first-order valence-corrected chi connectivity index (χ1v) is 7.27. The quantitative estimate of drug-likeness (QED) is 0.824. The van der Waals surface area contributed by atoms with Gasteiger partial charge in [-0.1, -0.05) is 0 Å². The number of carboxylic acid groups (broad SMARTS) is 1. The molecule has 102 valence electrons. The molecule has 0 aliphatic heterocycles. The number of nitrogens with one attached hydrogen (secondary N) is 1. The summed E-state index contributed by atoms with van der Waals surface area (Å²) in [4.78, 5) is 31.0. The van der Waals surface area contributed by atoms with Crippen molar-refractivity contribution in [2.75, 3.05) is 5.32 Å². The molecule has 0 bridgehead atoms. The minimum Gasteiger partial charge on any atom is -0.481 e. The third-order valence-electron chi connectivity index (χ3n) is 3.09. The van der Waals surface area contributed by atoms with Crippen molar-refractivity contribution in [3.63, 3.8) is 0 Å². The summed E-state index contributed by atoms with van der Waals surface area (Å²) in [6, 6.07) is 0. The summed E-state index contributed by atoms with van der Waals surface area (Å²) in [6.45, 7) is 0. The Hall–Kier alpha value is -1.02. The topological polar surface area (TPSA) is 92.2 Å². The second kappa shape index (κ2) is 5.96. The number of amides is 1. The highest BCUT2D eigenvalue weighted by Crippen LogP contribution is 2.32. The monoisotopic (exact) mass is 391 g/mol. The van der Waals surface area contributed by atoms with Gasteiger partial charge in [0.25, 0.3) is 0 Å². The number of halogens is 2. The standard InChI is InChI=1S/C11H11Br2N3O3/c12-7-4-14-9(8(13)15-7)16-10(17)5-1-2-6(3-5)11(18)19/h4-6H,1-3H2,(H,18,19)(H,14,16,17). The molecule has 1 fully saturated rings. The molecule has 6 nitrogen and oxygen atoms in total. The predicted octanol–water partition coefficient (Wildman–Crippen LogP) is 2.44. The van der Waals surface area contributed by atoms with Crippen molar-refractivity contribution >= 4 is 49.6 Å². The Labute approximate surface area is 126 Å². The maximum absolute atomic E-state index is 12.0. The number of carboxylic acids is 1. The van der Waals surface area contributed by atoms with E-state index >= 15 is 0 Å². The van der Waals surface area contributed by atoms with Crippen LogP contribution in [0.4, 0.5) is 5.82 Å². The molecule has 2 unspecified atom stereocenters. The maximum atomic E-state index is 12.0. The molecule has 2 rings (SSSR count). The van der Waals surface area contributed by atoms with Crippen LogP contribution in [0.1, 0.15) is 19.3 Å². The van der Waals surface area contributed by atoms with Crippen LogP contribution in [0.2, 0.25) is 0 Å². The van der Waals surface area contributed by atoms with E-state index in [2.05, 4.69) is 47.1 Å². The average molecular weight is 393 g/mol. The van der Waals surface area contributed by atoms with Gasteiger partial charge in [-0.15, -0.1) is 0 Å². The summed E-state index contributed by atoms with van der Waals surface area (Å²) in [5.41, 5.74) is 0. The van der Waals surface area contributed by atoms with E-state index < -0.39 is 11.9 Å². The molecule has 2 N–H and O–H groups in total. The van der Waals surface area contributed by atoms with Crippen LogP contribution < -0.4 is 5.32 Å². The second-order valence-electron chi connectivity index (χ2n) is 4.37. The third-order valence-corrected chi connectivity index (χ3v) is 4.03. The number of aliphatic carboxylic acids is 1. The number of carbonyl (C=O) groups excluding carboxylic acids is 1. The van der Waals surface area contributed by atoms with Crippen molar-refractivity contribution < 1.29 is 14.7 Å². The van der Waals surface area contributed by atoms with Gasteiger partial charge in [0.15, 0.2) is 5.82 Å². The molecule has 0 aromatic carbocycles. The molecular formula is C11H11Br2N3O3. The molecule has 1 heterocycles. The second-order valence-corrected chi connectivity index (χ2v) is 5.93. The van der Waals surface area contributed by atoms with Gasteiger partial charge >= 0.3 is 5.97 Å². The Balaban J connectivity index is 2.00. The molecule has 1 aromatic heterocycles. The highest BCUT2D eigenvalue weighted by Gasteiger charge is 2.34. The van der Waals surface area contributed by atoms with E-state index in [0.29, 0.717) is 34.3 Å². The average Bonchev–Trinajstić information content (AvgIpc) is 2.82. The van der Waals surface area contributed by atoms with Gasteiger partial charge in [0.2, 0.25) is 5.91 Å². The van der Waals surface area contributed by atoms with Gasteiger partial charge in [-0.25, -0.2) is 9.97 Å². The van der Waals surface area contributed by atoms with Crippen molar-refractivity contribution in [2.45, 2.75) is 19.3 Å². The van der Waals surface area contributed by atoms with Crippen LogP contribution in [-0.2, 0) is 9.59 Å². The Kier molecular flexibility index (Phi) is 4.51. The van der Waals surface area contributed by atoms with Gasteiger partial charge in [-0.05, 0) is 51.1 Å². The highest BCUT2D eigenvalue weighted by molar-refractivity contribution is 9.11. The predicted molar refractivity (Wildman–Crippen MR) is 74.5 cm³/mol. The number of carbonyl (C=O) groups is 2. The summed E-state index contributed by atoms with van der Waals surface area (Å²) in [7, 11) is 0. The fraction of sp³-hybridized carbons (Fsp3) is 0.455. The minimum absolute atomic E-state index is 0.207. The van der Waals surface area contributed by atoms with Crippen LogP contribution in [0.25, 0.3) is 0 Å². The van der Waals surface area contributed by atoms with Crippen molar-refractivity contribution in [1.82, 2.24) is 9.97 Å². The molecule has 8 heteroatoms. The summed E-state index contributed by atoms with van der Waals surface area (Å²) in [5.74, 6) is -1.40. The number of hydrogen-bond donors (Lipinski definition) is 2. The lowest BCUT2D eigenvalue weighted by Gasteiger charge is -2.10. The number of rotatable bonds is 3. The Morgan fingerprint density at radius 2 is 2.00 bits per heavy atom. The van der Waals surface area contributed by atoms with Crippen LogP contribution in [0.5, 0.6) is 0 Å². The Morgan fingerprint density at radius 1 is 1.32 bits per heavy atom. The first kappa shape index (κ1) is 14.4. The van der Waals surface area contributed by atoms with E-state index in [0.717, 1.165) is 0 Å². The van der Waals surface area contributed by atoms with Crippen LogP contribution in [0.15, 0.2) is 15.4 Å². The number of nitrogens with zero attached hydrogens (tertiary/aromatic N) is 2. The number of anilines is 1. The number of hydrogen-bond acceptors (Lipinski definition) is 4. The zero-order valence-electron chi connectivity index (χ0n) is 9.77. The first-order chi connectivity index (χ1) is 8.97. The van der Waals surface area contributed by atoms with Crippen molar-refractivity contribution in [3.8, 4) is 0 Å². The molecule has 1 aliphatic carbocycles. The van der Waals surface area contributed by atoms with Crippen LogP contribution in [-0.4, -0.2) is 27.0 Å². The lowest BCUT2D eigenvalue weighted by Crippen LogP contribution is -2.22. The smallest absolute Gasteiger partial charge is 0.306 e. The molecule has 1 aromatic rings. The van der Waals surface area contributed by atoms with Gasteiger partial charge in [-0.2, -0.15) is 0 Å².